The fourth-order valence-corrected chi connectivity index (χ4v) is 2.65. The van der Waals surface area contributed by atoms with Crippen LogP contribution in [0.15, 0.2) is 47.2 Å². The molecule has 2 N–H and O–H groups in total. The summed E-state index contributed by atoms with van der Waals surface area (Å²) < 4.78 is 4.00. The third-order valence-corrected chi connectivity index (χ3v) is 4.19. The van der Waals surface area contributed by atoms with E-state index in [4.69, 9.17) is 5.11 Å². The summed E-state index contributed by atoms with van der Waals surface area (Å²) in [6, 6.07) is 9.70. The van der Waals surface area contributed by atoms with Gasteiger partial charge >= 0.3 is 5.97 Å². The zero-order chi connectivity index (χ0) is 18.7. The number of benzene rings is 1. The van der Waals surface area contributed by atoms with E-state index in [1.165, 1.54) is 17.1 Å². The first kappa shape index (κ1) is 17.9. The van der Waals surface area contributed by atoms with Crippen molar-refractivity contribution in [2.24, 2.45) is 0 Å². The van der Waals surface area contributed by atoms with Crippen LogP contribution in [0.25, 0.3) is 0 Å². The quantitative estimate of drug-likeness (QED) is 0.641. The Hall–Kier alpha value is -2.94. The summed E-state index contributed by atoms with van der Waals surface area (Å²) in [5, 5.41) is 19.7. The number of carbonyl (C=O) groups is 2. The Bertz CT molecular complexity index is 946. The molecule has 2 heterocycles. The van der Waals surface area contributed by atoms with Gasteiger partial charge in [-0.2, -0.15) is 10.2 Å². The third kappa shape index (κ3) is 4.37. The zero-order valence-electron chi connectivity index (χ0n) is 13.9. The molecule has 9 heteroatoms. The topological polar surface area (TPSA) is 102 Å². The summed E-state index contributed by atoms with van der Waals surface area (Å²) in [7, 11) is 0. The highest BCUT2D eigenvalue weighted by Gasteiger charge is 2.13. The number of rotatable bonds is 6. The van der Waals surface area contributed by atoms with Crippen molar-refractivity contribution in [3.8, 4) is 0 Å². The van der Waals surface area contributed by atoms with Crippen molar-refractivity contribution in [3.05, 3.63) is 64.0 Å². The SMILES string of the molecule is Cc1cc(NC(=O)c2cnn(CC(=O)O)c2)nn1Cc1ccc(Br)cc1. The number of hydrogen-bond acceptors (Lipinski definition) is 4. The van der Waals surface area contributed by atoms with Crippen LogP contribution in [-0.4, -0.2) is 36.5 Å². The number of carbonyl (C=O) groups excluding carboxylic acids is 1. The van der Waals surface area contributed by atoms with Gasteiger partial charge in [0.2, 0.25) is 0 Å². The lowest BCUT2D eigenvalue weighted by Gasteiger charge is -2.04. The predicted octanol–water partition coefficient (Wildman–Crippen LogP) is 2.54. The van der Waals surface area contributed by atoms with Gasteiger partial charge in [0.25, 0.3) is 5.91 Å². The highest BCUT2D eigenvalue weighted by atomic mass is 79.9. The molecule has 0 aliphatic heterocycles. The van der Waals surface area contributed by atoms with Crippen molar-refractivity contribution in [1.29, 1.82) is 0 Å². The number of nitrogens with one attached hydrogen (secondary N) is 1. The fourth-order valence-electron chi connectivity index (χ4n) is 2.39. The van der Waals surface area contributed by atoms with Gasteiger partial charge in [-0.1, -0.05) is 28.1 Å². The van der Waals surface area contributed by atoms with Crippen LogP contribution in [0.4, 0.5) is 5.82 Å². The first-order valence-electron chi connectivity index (χ1n) is 7.75. The van der Waals surface area contributed by atoms with E-state index < -0.39 is 11.9 Å². The maximum atomic E-state index is 12.3. The molecule has 26 heavy (non-hydrogen) atoms. The molecule has 3 rings (SSSR count). The standard InChI is InChI=1S/C17H16BrN5O3/c1-11-6-15(21-23(11)8-12-2-4-14(18)5-3-12)20-17(26)13-7-19-22(9-13)10-16(24)25/h2-7,9H,8,10H2,1H3,(H,24,25)(H,20,21,26). The van der Waals surface area contributed by atoms with E-state index >= 15 is 0 Å². The molecule has 1 aromatic carbocycles. The molecule has 2 aromatic heterocycles. The summed E-state index contributed by atoms with van der Waals surface area (Å²) in [4.78, 5) is 22.9. The number of carboxylic acid groups (broad SMARTS) is 1. The van der Waals surface area contributed by atoms with E-state index in [1.807, 2.05) is 31.2 Å². The lowest BCUT2D eigenvalue weighted by Crippen LogP contribution is -2.13. The molecule has 0 radical (unpaired) electrons. The van der Waals surface area contributed by atoms with E-state index in [0.717, 1.165) is 15.7 Å². The van der Waals surface area contributed by atoms with Gasteiger partial charge in [0, 0.05) is 22.4 Å². The van der Waals surface area contributed by atoms with Gasteiger partial charge in [-0.15, -0.1) is 0 Å². The minimum absolute atomic E-state index is 0.270. The van der Waals surface area contributed by atoms with Gasteiger partial charge in [0.1, 0.15) is 6.54 Å². The fraction of sp³-hybridized carbons (Fsp3) is 0.176. The van der Waals surface area contributed by atoms with Gasteiger partial charge in [-0.05, 0) is 24.6 Å². The summed E-state index contributed by atoms with van der Waals surface area (Å²) in [6.07, 6.45) is 2.71. The Balaban J connectivity index is 1.68. The van der Waals surface area contributed by atoms with Crippen LogP contribution in [0, 0.1) is 6.92 Å². The molecule has 0 saturated carbocycles. The Morgan fingerprint density at radius 1 is 1.27 bits per heavy atom. The zero-order valence-corrected chi connectivity index (χ0v) is 15.5. The molecule has 1 amide bonds. The molecule has 3 aromatic rings. The first-order chi connectivity index (χ1) is 12.4. The largest absolute Gasteiger partial charge is 0.480 e. The lowest BCUT2D eigenvalue weighted by molar-refractivity contribution is -0.137. The molecule has 134 valence electrons. The molecule has 0 bridgehead atoms. The molecule has 0 spiro atoms. The second-order valence-electron chi connectivity index (χ2n) is 5.73. The lowest BCUT2D eigenvalue weighted by atomic mass is 10.2. The number of aliphatic carboxylic acids is 1. The number of nitrogens with zero attached hydrogens (tertiary/aromatic N) is 4. The summed E-state index contributed by atoms with van der Waals surface area (Å²) in [5.41, 5.74) is 2.27. The number of amides is 1. The van der Waals surface area contributed by atoms with Crippen LogP contribution < -0.4 is 5.32 Å². The highest BCUT2D eigenvalue weighted by molar-refractivity contribution is 9.10. The van der Waals surface area contributed by atoms with E-state index in [2.05, 4.69) is 31.4 Å². The molecule has 8 nitrogen and oxygen atoms in total. The van der Waals surface area contributed by atoms with Crippen LogP contribution in [0.3, 0.4) is 0 Å². The maximum absolute atomic E-state index is 12.3. The van der Waals surface area contributed by atoms with Crippen LogP contribution in [0.1, 0.15) is 21.6 Å². The number of hydrogen-bond donors (Lipinski definition) is 2. The molecule has 0 saturated heterocycles. The van der Waals surface area contributed by atoms with Crippen LogP contribution in [-0.2, 0) is 17.9 Å². The predicted molar refractivity (Wildman–Crippen MR) is 98.0 cm³/mol. The second-order valence-corrected chi connectivity index (χ2v) is 6.65. The van der Waals surface area contributed by atoms with Crippen LogP contribution in [0.5, 0.6) is 0 Å². The molecular formula is C17H16BrN5O3. The third-order valence-electron chi connectivity index (χ3n) is 3.66. The van der Waals surface area contributed by atoms with E-state index in [0.29, 0.717) is 12.4 Å². The summed E-state index contributed by atoms with van der Waals surface area (Å²) in [5.74, 6) is -0.993. The molecule has 0 aliphatic rings. The number of halogens is 1. The van der Waals surface area contributed by atoms with Crippen LogP contribution in [0.2, 0.25) is 0 Å². The summed E-state index contributed by atoms with van der Waals surface area (Å²) >= 11 is 3.40. The van der Waals surface area contributed by atoms with Gasteiger partial charge in [-0.3, -0.25) is 19.0 Å². The number of carboxylic acids is 1. The average Bonchev–Trinajstić information content (AvgIpc) is 3.16. The Morgan fingerprint density at radius 2 is 2.00 bits per heavy atom. The Labute approximate surface area is 157 Å². The smallest absolute Gasteiger partial charge is 0.325 e. The molecule has 0 atom stereocenters. The van der Waals surface area contributed by atoms with Crippen molar-refractivity contribution in [2.75, 3.05) is 5.32 Å². The second kappa shape index (κ2) is 7.52. The van der Waals surface area contributed by atoms with Crippen molar-refractivity contribution in [2.45, 2.75) is 20.0 Å². The van der Waals surface area contributed by atoms with Gasteiger partial charge in [0.05, 0.1) is 18.3 Å². The minimum Gasteiger partial charge on any atom is -0.480 e. The Morgan fingerprint density at radius 3 is 2.69 bits per heavy atom. The monoisotopic (exact) mass is 417 g/mol. The Kier molecular flexibility index (Phi) is 5.17. The van der Waals surface area contributed by atoms with Crippen molar-refractivity contribution in [1.82, 2.24) is 19.6 Å². The first-order valence-corrected chi connectivity index (χ1v) is 8.54. The van der Waals surface area contributed by atoms with Gasteiger partial charge in [-0.25, -0.2) is 0 Å². The average molecular weight is 418 g/mol. The number of anilines is 1. The van der Waals surface area contributed by atoms with Crippen molar-refractivity contribution < 1.29 is 14.7 Å². The van der Waals surface area contributed by atoms with E-state index in [9.17, 15) is 9.59 Å². The van der Waals surface area contributed by atoms with E-state index in [-0.39, 0.29) is 12.1 Å². The minimum atomic E-state index is -1.03. The molecular weight excluding hydrogens is 402 g/mol. The van der Waals surface area contributed by atoms with Crippen molar-refractivity contribution >= 4 is 33.6 Å². The molecule has 0 unspecified atom stereocenters. The maximum Gasteiger partial charge on any atom is 0.325 e. The number of aromatic nitrogens is 4. The number of aryl methyl sites for hydroxylation is 1. The normalized spacial score (nSPS) is 10.7. The van der Waals surface area contributed by atoms with Gasteiger partial charge in [0.15, 0.2) is 5.82 Å². The van der Waals surface area contributed by atoms with E-state index in [1.54, 1.807) is 10.7 Å². The molecule has 0 fully saturated rings. The van der Waals surface area contributed by atoms with Crippen LogP contribution >= 0.6 is 15.9 Å². The molecule has 0 aliphatic carbocycles. The van der Waals surface area contributed by atoms with Crippen molar-refractivity contribution in [3.63, 3.8) is 0 Å². The summed E-state index contributed by atoms with van der Waals surface area (Å²) in [6.45, 7) is 2.20. The highest BCUT2D eigenvalue weighted by Crippen LogP contribution is 2.15. The van der Waals surface area contributed by atoms with Gasteiger partial charge < -0.3 is 10.4 Å².